The van der Waals surface area contributed by atoms with Crippen LogP contribution in [0.5, 0.6) is 0 Å². The first-order chi connectivity index (χ1) is 7.13. The Labute approximate surface area is 92.1 Å². The van der Waals surface area contributed by atoms with Gasteiger partial charge in [-0.15, -0.1) is 0 Å². The van der Waals surface area contributed by atoms with E-state index in [1.54, 1.807) is 7.05 Å². The molecule has 0 aromatic carbocycles. The summed E-state index contributed by atoms with van der Waals surface area (Å²) < 4.78 is 0. The highest BCUT2D eigenvalue weighted by atomic mass is 16.7. The topological polar surface area (TPSA) is 32.8 Å². The second kappa shape index (κ2) is 6.08. The fourth-order valence-electron chi connectivity index (χ4n) is 1.94. The Bertz CT molecular complexity index is 201. The summed E-state index contributed by atoms with van der Waals surface area (Å²) >= 11 is 0. The van der Waals surface area contributed by atoms with E-state index in [1.165, 1.54) is 38.1 Å². The molecule has 0 bridgehead atoms. The lowest BCUT2D eigenvalue weighted by Gasteiger charge is -2.29. The number of nitrogens with zero attached hydrogens (tertiary/aromatic N) is 2. The molecule has 0 saturated carbocycles. The molecule has 0 aromatic heterocycles. The molecule has 15 heavy (non-hydrogen) atoms. The van der Waals surface area contributed by atoms with Crippen molar-refractivity contribution in [2.24, 2.45) is 5.92 Å². The summed E-state index contributed by atoms with van der Waals surface area (Å²) in [6, 6.07) is 0. The van der Waals surface area contributed by atoms with Crippen molar-refractivity contribution in [2.75, 3.05) is 34.3 Å². The second-order valence-electron chi connectivity index (χ2n) is 4.36. The molecule has 88 valence electrons. The van der Waals surface area contributed by atoms with Crippen molar-refractivity contribution in [3.8, 4) is 0 Å². The van der Waals surface area contributed by atoms with Crippen LogP contribution in [0.15, 0.2) is 0 Å². The van der Waals surface area contributed by atoms with Crippen molar-refractivity contribution in [2.45, 2.75) is 25.7 Å². The first kappa shape index (κ1) is 12.5. The standard InChI is InChI=1S/C11H22N2O2/c1-12-8-6-10(7-9-12)4-5-11(14)13(2)15-3/h10H,4-9H2,1-3H3. The molecule has 1 aliphatic heterocycles. The molecule has 0 N–H and O–H groups in total. The zero-order valence-corrected chi connectivity index (χ0v) is 10.0. The van der Waals surface area contributed by atoms with E-state index in [0.29, 0.717) is 6.42 Å². The predicted octanol–water partition coefficient (Wildman–Crippen LogP) is 1.13. The van der Waals surface area contributed by atoms with Crippen molar-refractivity contribution < 1.29 is 9.63 Å². The molecule has 0 spiro atoms. The van der Waals surface area contributed by atoms with Crippen LogP contribution in [-0.4, -0.2) is 50.2 Å². The van der Waals surface area contributed by atoms with Crippen molar-refractivity contribution in [3.63, 3.8) is 0 Å². The van der Waals surface area contributed by atoms with Crippen molar-refractivity contribution in [1.29, 1.82) is 0 Å². The number of carbonyl (C=O) groups excluding carboxylic acids is 1. The second-order valence-corrected chi connectivity index (χ2v) is 4.36. The molecular formula is C11H22N2O2. The van der Waals surface area contributed by atoms with Gasteiger partial charge in [-0.3, -0.25) is 9.63 Å². The van der Waals surface area contributed by atoms with Gasteiger partial charge in [0.05, 0.1) is 7.11 Å². The number of carbonyl (C=O) groups is 1. The fraction of sp³-hybridized carbons (Fsp3) is 0.909. The molecule has 0 radical (unpaired) electrons. The summed E-state index contributed by atoms with van der Waals surface area (Å²) in [5.74, 6) is 0.798. The molecule has 4 heteroatoms. The van der Waals surface area contributed by atoms with Crippen LogP contribution < -0.4 is 0 Å². The van der Waals surface area contributed by atoms with Gasteiger partial charge in [0.1, 0.15) is 0 Å². The third-order valence-corrected chi connectivity index (χ3v) is 3.23. The highest BCUT2D eigenvalue weighted by Gasteiger charge is 2.18. The number of hydrogen-bond donors (Lipinski definition) is 0. The molecule has 1 saturated heterocycles. The Morgan fingerprint density at radius 1 is 1.47 bits per heavy atom. The van der Waals surface area contributed by atoms with Crippen molar-refractivity contribution in [3.05, 3.63) is 0 Å². The molecule has 0 aromatic rings. The average Bonchev–Trinajstić information content (AvgIpc) is 2.26. The Kier molecular flexibility index (Phi) is 5.05. The minimum Gasteiger partial charge on any atom is -0.306 e. The molecule has 1 aliphatic rings. The molecular weight excluding hydrogens is 192 g/mol. The quantitative estimate of drug-likeness (QED) is 0.658. The molecule has 0 unspecified atom stereocenters. The van der Waals surface area contributed by atoms with Gasteiger partial charge in [0.15, 0.2) is 0 Å². The number of rotatable bonds is 4. The maximum absolute atomic E-state index is 11.5. The maximum Gasteiger partial charge on any atom is 0.245 e. The first-order valence-electron chi connectivity index (χ1n) is 5.62. The summed E-state index contributed by atoms with van der Waals surface area (Å²) in [6.45, 7) is 2.33. The summed E-state index contributed by atoms with van der Waals surface area (Å²) in [5, 5.41) is 1.31. The van der Waals surface area contributed by atoms with Gasteiger partial charge in [0, 0.05) is 13.5 Å². The van der Waals surface area contributed by atoms with E-state index < -0.39 is 0 Å². The lowest BCUT2D eigenvalue weighted by Crippen LogP contribution is -2.31. The third kappa shape index (κ3) is 4.18. The average molecular weight is 214 g/mol. The Hall–Kier alpha value is -0.610. The normalized spacial score (nSPS) is 19.1. The third-order valence-electron chi connectivity index (χ3n) is 3.23. The smallest absolute Gasteiger partial charge is 0.245 e. The first-order valence-corrected chi connectivity index (χ1v) is 5.62. The van der Waals surface area contributed by atoms with E-state index in [2.05, 4.69) is 11.9 Å². The van der Waals surface area contributed by atoms with Crippen LogP contribution >= 0.6 is 0 Å². The van der Waals surface area contributed by atoms with Crippen molar-refractivity contribution >= 4 is 5.91 Å². The molecule has 1 rings (SSSR count). The van der Waals surface area contributed by atoms with Gasteiger partial charge in [-0.1, -0.05) is 0 Å². The van der Waals surface area contributed by atoms with Crippen molar-refractivity contribution in [1.82, 2.24) is 9.96 Å². The lowest BCUT2D eigenvalue weighted by molar-refractivity contribution is -0.169. The van der Waals surface area contributed by atoms with E-state index >= 15 is 0 Å². The minimum absolute atomic E-state index is 0.0800. The fourth-order valence-corrected chi connectivity index (χ4v) is 1.94. The Morgan fingerprint density at radius 3 is 2.60 bits per heavy atom. The SMILES string of the molecule is CON(C)C(=O)CCC1CCN(C)CC1. The van der Waals surface area contributed by atoms with Gasteiger partial charge in [-0.25, -0.2) is 5.06 Å². The van der Waals surface area contributed by atoms with Gasteiger partial charge in [0.2, 0.25) is 5.91 Å². The van der Waals surface area contributed by atoms with E-state index in [4.69, 9.17) is 4.84 Å². The van der Waals surface area contributed by atoms with E-state index in [1.807, 2.05) is 0 Å². The number of amides is 1. The predicted molar refractivity (Wildman–Crippen MR) is 59.2 cm³/mol. The number of hydrogen-bond acceptors (Lipinski definition) is 3. The molecule has 4 nitrogen and oxygen atoms in total. The van der Waals surface area contributed by atoms with Gasteiger partial charge < -0.3 is 4.90 Å². The Morgan fingerprint density at radius 2 is 2.07 bits per heavy atom. The minimum atomic E-state index is 0.0800. The van der Waals surface area contributed by atoms with Gasteiger partial charge in [-0.05, 0) is 45.3 Å². The van der Waals surface area contributed by atoms with E-state index in [0.717, 1.165) is 12.3 Å². The highest BCUT2D eigenvalue weighted by molar-refractivity contribution is 5.74. The molecule has 0 atom stereocenters. The van der Waals surface area contributed by atoms with Crippen LogP contribution in [0, 0.1) is 5.92 Å². The number of piperidine rings is 1. The molecule has 1 heterocycles. The summed E-state index contributed by atoms with van der Waals surface area (Å²) in [6.07, 6.45) is 4.06. The van der Waals surface area contributed by atoms with Crippen LogP contribution in [0.1, 0.15) is 25.7 Å². The van der Waals surface area contributed by atoms with Gasteiger partial charge in [-0.2, -0.15) is 0 Å². The number of likely N-dealkylation sites (tertiary alicyclic amines) is 1. The molecule has 1 amide bonds. The van der Waals surface area contributed by atoms with Gasteiger partial charge in [0.25, 0.3) is 0 Å². The van der Waals surface area contributed by atoms with E-state index in [-0.39, 0.29) is 5.91 Å². The Balaban J connectivity index is 2.17. The number of hydroxylamine groups is 2. The van der Waals surface area contributed by atoms with Crippen LogP contribution in [0.3, 0.4) is 0 Å². The summed E-state index contributed by atoms with van der Waals surface area (Å²) in [7, 11) is 5.34. The maximum atomic E-state index is 11.5. The lowest BCUT2D eigenvalue weighted by atomic mass is 9.92. The summed E-state index contributed by atoms with van der Waals surface area (Å²) in [4.78, 5) is 18.7. The molecule has 1 fully saturated rings. The van der Waals surface area contributed by atoms with Gasteiger partial charge >= 0.3 is 0 Å². The van der Waals surface area contributed by atoms with E-state index in [9.17, 15) is 4.79 Å². The van der Waals surface area contributed by atoms with Crippen LogP contribution in [0.4, 0.5) is 0 Å². The monoisotopic (exact) mass is 214 g/mol. The summed E-state index contributed by atoms with van der Waals surface area (Å²) in [5.41, 5.74) is 0. The zero-order chi connectivity index (χ0) is 11.3. The van der Waals surface area contributed by atoms with Crippen LogP contribution in [-0.2, 0) is 9.63 Å². The largest absolute Gasteiger partial charge is 0.306 e. The molecule has 0 aliphatic carbocycles. The van der Waals surface area contributed by atoms with Crippen LogP contribution in [0.2, 0.25) is 0 Å². The highest BCUT2D eigenvalue weighted by Crippen LogP contribution is 2.21. The zero-order valence-electron chi connectivity index (χ0n) is 10.0. The van der Waals surface area contributed by atoms with Crippen LogP contribution in [0.25, 0.3) is 0 Å².